The van der Waals surface area contributed by atoms with Crippen molar-refractivity contribution in [3.05, 3.63) is 54.2 Å². The maximum Gasteiger partial charge on any atom is 0.230 e. The first-order chi connectivity index (χ1) is 11.2. The van der Waals surface area contributed by atoms with Gasteiger partial charge < -0.3 is 14.1 Å². The topological polar surface area (TPSA) is 55.6 Å². The molecule has 3 rings (SSSR count). The smallest absolute Gasteiger partial charge is 0.230 e. The Morgan fingerprint density at radius 1 is 1.30 bits per heavy atom. The summed E-state index contributed by atoms with van der Waals surface area (Å²) < 4.78 is 11.2. The lowest BCUT2D eigenvalue weighted by molar-refractivity contribution is -0.142. The summed E-state index contributed by atoms with van der Waals surface area (Å²) >= 11 is 0. The molecule has 2 atom stereocenters. The first-order valence-electron chi connectivity index (χ1n) is 8.00. The molecule has 1 saturated heterocycles. The summed E-state index contributed by atoms with van der Waals surface area (Å²) in [5, 5.41) is 0. The van der Waals surface area contributed by atoms with Crippen LogP contribution in [0.15, 0.2) is 47.3 Å². The molecule has 0 radical (unpaired) electrons. The zero-order chi connectivity index (χ0) is 16.2. The van der Waals surface area contributed by atoms with E-state index < -0.39 is 0 Å². The fourth-order valence-corrected chi connectivity index (χ4v) is 3.08. The van der Waals surface area contributed by atoms with Gasteiger partial charge in [-0.3, -0.25) is 9.78 Å². The number of aromatic nitrogens is 1. The van der Waals surface area contributed by atoms with E-state index in [0.717, 1.165) is 11.3 Å². The SMILES string of the molecule is CC(C)[C@@H](C(=O)N1CCO[C@H](c2ccco2)C1)c1ccncc1. The molecule has 5 nitrogen and oxygen atoms in total. The van der Waals surface area contributed by atoms with Gasteiger partial charge in [-0.1, -0.05) is 13.8 Å². The van der Waals surface area contributed by atoms with Crippen molar-refractivity contribution < 1.29 is 13.9 Å². The highest BCUT2D eigenvalue weighted by Gasteiger charge is 2.33. The van der Waals surface area contributed by atoms with E-state index in [1.807, 2.05) is 29.2 Å². The molecule has 1 amide bonds. The molecule has 0 aliphatic carbocycles. The van der Waals surface area contributed by atoms with Crippen LogP contribution in [0.25, 0.3) is 0 Å². The summed E-state index contributed by atoms with van der Waals surface area (Å²) in [7, 11) is 0. The van der Waals surface area contributed by atoms with Gasteiger partial charge in [0, 0.05) is 18.9 Å². The highest BCUT2D eigenvalue weighted by atomic mass is 16.5. The van der Waals surface area contributed by atoms with Gasteiger partial charge in [0.1, 0.15) is 11.9 Å². The number of pyridine rings is 1. The maximum absolute atomic E-state index is 13.1. The Kier molecular flexibility index (Phi) is 4.76. The molecule has 0 unspecified atom stereocenters. The lowest BCUT2D eigenvalue weighted by atomic mass is 9.87. The van der Waals surface area contributed by atoms with Gasteiger partial charge in [-0.15, -0.1) is 0 Å². The summed E-state index contributed by atoms with van der Waals surface area (Å²) in [5.41, 5.74) is 1.01. The predicted molar refractivity (Wildman–Crippen MR) is 85.8 cm³/mol. The fraction of sp³-hybridized carbons (Fsp3) is 0.444. The molecule has 0 N–H and O–H groups in total. The molecule has 23 heavy (non-hydrogen) atoms. The zero-order valence-electron chi connectivity index (χ0n) is 13.5. The second-order valence-corrected chi connectivity index (χ2v) is 6.16. The van der Waals surface area contributed by atoms with E-state index in [-0.39, 0.29) is 23.8 Å². The summed E-state index contributed by atoms with van der Waals surface area (Å²) in [6.07, 6.45) is 4.92. The van der Waals surface area contributed by atoms with E-state index in [4.69, 9.17) is 9.15 Å². The van der Waals surface area contributed by atoms with Crippen molar-refractivity contribution in [2.75, 3.05) is 19.7 Å². The van der Waals surface area contributed by atoms with Gasteiger partial charge >= 0.3 is 0 Å². The van der Waals surface area contributed by atoms with Crippen molar-refractivity contribution in [2.24, 2.45) is 5.92 Å². The first kappa shape index (κ1) is 15.7. The third-order valence-corrected chi connectivity index (χ3v) is 4.24. The molecule has 3 heterocycles. The van der Waals surface area contributed by atoms with E-state index in [1.54, 1.807) is 18.7 Å². The number of carbonyl (C=O) groups excluding carboxylic acids is 1. The van der Waals surface area contributed by atoms with Crippen LogP contribution in [0.1, 0.15) is 37.2 Å². The van der Waals surface area contributed by atoms with Crippen LogP contribution < -0.4 is 0 Å². The molecule has 2 aromatic heterocycles. The Morgan fingerprint density at radius 2 is 2.09 bits per heavy atom. The number of rotatable bonds is 4. The molecule has 2 aromatic rings. The average Bonchev–Trinajstić information content (AvgIpc) is 3.10. The average molecular weight is 314 g/mol. The van der Waals surface area contributed by atoms with E-state index >= 15 is 0 Å². The number of nitrogens with zero attached hydrogens (tertiary/aromatic N) is 2. The minimum atomic E-state index is -0.187. The van der Waals surface area contributed by atoms with Crippen molar-refractivity contribution in [3.8, 4) is 0 Å². The molecular formula is C18H22N2O3. The number of furan rings is 1. The van der Waals surface area contributed by atoms with Gasteiger partial charge in [0.2, 0.25) is 5.91 Å². The largest absolute Gasteiger partial charge is 0.467 e. The highest BCUT2D eigenvalue weighted by molar-refractivity contribution is 5.84. The maximum atomic E-state index is 13.1. The van der Waals surface area contributed by atoms with Crippen molar-refractivity contribution in [3.63, 3.8) is 0 Å². The van der Waals surface area contributed by atoms with Crippen LogP contribution in [0.3, 0.4) is 0 Å². The molecule has 0 aromatic carbocycles. The van der Waals surface area contributed by atoms with E-state index in [1.165, 1.54) is 0 Å². The van der Waals surface area contributed by atoms with Crippen LogP contribution in [0, 0.1) is 5.92 Å². The standard InChI is InChI=1S/C18H22N2O3/c1-13(2)17(14-5-7-19-8-6-14)18(21)20-9-11-23-16(12-20)15-4-3-10-22-15/h3-8,10,13,16-17H,9,11-12H2,1-2H3/t16-,17+/m0/s1. The number of hydrogen-bond donors (Lipinski definition) is 0. The third-order valence-electron chi connectivity index (χ3n) is 4.24. The lowest BCUT2D eigenvalue weighted by Crippen LogP contribution is -2.45. The molecule has 0 bridgehead atoms. The summed E-state index contributed by atoms with van der Waals surface area (Å²) in [6, 6.07) is 7.58. The van der Waals surface area contributed by atoms with Crippen molar-refractivity contribution in [1.29, 1.82) is 0 Å². The monoisotopic (exact) mass is 314 g/mol. The molecular weight excluding hydrogens is 292 g/mol. The van der Waals surface area contributed by atoms with Gasteiger partial charge in [0.15, 0.2) is 0 Å². The van der Waals surface area contributed by atoms with Gasteiger partial charge in [0.05, 0.1) is 25.3 Å². The number of carbonyl (C=O) groups is 1. The minimum Gasteiger partial charge on any atom is -0.467 e. The summed E-state index contributed by atoms with van der Waals surface area (Å²) in [4.78, 5) is 19.0. The Labute approximate surface area is 136 Å². The van der Waals surface area contributed by atoms with Gasteiger partial charge in [-0.2, -0.15) is 0 Å². The highest BCUT2D eigenvalue weighted by Crippen LogP contribution is 2.29. The molecule has 0 spiro atoms. The van der Waals surface area contributed by atoms with E-state index in [0.29, 0.717) is 19.7 Å². The summed E-state index contributed by atoms with van der Waals surface area (Å²) in [5.74, 6) is 0.974. The number of hydrogen-bond acceptors (Lipinski definition) is 4. The second-order valence-electron chi connectivity index (χ2n) is 6.16. The Morgan fingerprint density at radius 3 is 2.74 bits per heavy atom. The summed E-state index contributed by atoms with van der Waals surface area (Å²) in [6.45, 7) is 5.82. The van der Waals surface area contributed by atoms with E-state index in [9.17, 15) is 4.79 Å². The quantitative estimate of drug-likeness (QED) is 0.870. The number of ether oxygens (including phenoxy) is 1. The number of amides is 1. The molecule has 1 aliphatic heterocycles. The Balaban J connectivity index is 1.77. The van der Waals surface area contributed by atoms with Crippen LogP contribution in [0.5, 0.6) is 0 Å². The Bertz CT molecular complexity index is 625. The Hall–Kier alpha value is -2.14. The molecule has 1 aliphatic rings. The lowest BCUT2D eigenvalue weighted by Gasteiger charge is -2.35. The number of morpholine rings is 1. The van der Waals surface area contributed by atoms with Gasteiger partial charge in [-0.25, -0.2) is 0 Å². The van der Waals surface area contributed by atoms with Crippen molar-refractivity contribution in [1.82, 2.24) is 9.88 Å². The molecule has 1 fully saturated rings. The van der Waals surface area contributed by atoms with Crippen LogP contribution in [0.4, 0.5) is 0 Å². The fourth-order valence-electron chi connectivity index (χ4n) is 3.08. The van der Waals surface area contributed by atoms with Crippen LogP contribution in [-0.2, 0) is 9.53 Å². The molecule has 122 valence electrons. The van der Waals surface area contributed by atoms with E-state index in [2.05, 4.69) is 18.8 Å². The van der Waals surface area contributed by atoms with Gasteiger partial charge in [0.25, 0.3) is 0 Å². The minimum absolute atomic E-state index is 0.144. The van der Waals surface area contributed by atoms with Crippen LogP contribution in [-0.4, -0.2) is 35.5 Å². The van der Waals surface area contributed by atoms with Gasteiger partial charge in [-0.05, 0) is 35.7 Å². The van der Waals surface area contributed by atoms with Crippen molar-refractivity contribution in [2.45, 2.75) is 25.9 Å². The third kappa shape index (κ3) is 3.45. The zero-order valence-corrected chi connectivity index (χ0v) is 13.5. The molecule has 0 saturated carbocycles. The first-order valence-corrected chi connectivity index (χ1v) is 8.00. The second kappa shape index (κ2) is 6.96. The molecule has 5 heteroatoms. The van der Waals surface area contributed by atoms with Crippen molar-refractivity contribution >= 4 is 5.91 Å². The van der Waals surface area contributed by atoms with Crippen LogP contribution in [0.2, 0.25) is 0 Å². The van der Waals surface area contributed by atoms with Crippen LogP contribution >= 0.6 is 0 Å². The predicted octanol–water partition coefficient (Wildman–Crippen LogP) is 3.01. The normalized spacial score (nSPS) is 19.8.